The molecule has 0 bridgehead atoms. The van der Waals surface area contributed by atoms with Gasteiger partial charge in [-0.2, -0.15) is 0 Å². The van der Waals surface area contributed by atoms with Crippen molar-refractivity contribution in [3.05, 3.63) is 35.9 Å². The number of hydrogen-bond donors (Lipinski definition) is 3. The number of sulfonamides is 1. The van der Waals surface area contributed by atoms with Crippen molar-refractivity contribution in [1.82, 2.24) is 19.9 Å². The average molecular weight is 663 g/mol. The summed E-state index contributed by atoms with van der Waals surface area (Å²) in [6, 6.07) is 7.13. The quantitative estimate of drug-likeness (QED) is 0.151. The molecule has 46 heavy (non-hydrogen) atoms. The molecule has 0 aromatic heterocycles. The maximum absolute atomic E-state index is 13.6. The Hall–Kier alpha value is -3.20. The second-order valence-electron chi connectivity index (χ2n) is 13.3. The zero-order valence-electron chi connectivity index (χ0n) is 27.6. The number of esters is 1. The number of amides is 3. The second-order valence-corrected chi connectivity index (χ2v) is 15.1. The van der Waals surface area contributed by atoms with Crippen LogP contribution >= 0.6 is 0 Å². The summed E-state index contributed by atoms with van der Waals surface area (Å²) in [5.74, 6) is 4.65. The highest BCUT2D eigenvalue weighted by Crippen LogP contribution is 2.23. The van der Waals surface area contributed by atoms with Crippen molar-refractivity contribution in [1.29, 1.82) is 0 Å². The van der Waals surface area contributed by atoms with Crippen LogP contribution in [0, 0.1) is 11.8 Å². The van der Waals surface area contributed by atoms with Crippen LogP contribution in [0.1, 0.15) is 71.8 Å². The maximum Gasteiger partial charge on any atom is 0.308 e. The highest BCUT2D eigenvalue weighted by atomic mass is 32.2. The summed E-state index contributed by atoms with van der Waals surface area (Å²) in [7, 11) is -3.68. The molecule has 1 aromatic carbocycles. The van der Waals surface area contributed by atoms with Crippen LogP contribution in [0.15, 0.2) is 35.3 Å². The van der Waals surface area contributed by atoms with Gasteiger partial charge in [-0.05, 0) is 63.9 Å². The first-order valence-electron chi connectivity index (χ1n) is 16.0. The molecule has 0 radical (unpaired) electrons. The molecule has 4 N–H and O–H groups in total. The van der Waals surface area contributed by atoms with E-state index in [2.05, 4.69) is 15.0 Å². The summed E-state index contributed by atoms with van der Waals surface area (Å²) < 4.78 is 32.1. The highest BCUT2D eigenvalue weighted by Gasteiger charge is 2.38. The Kier molecular flexibility index (Phi) is 13.4. The van der Waals surface area contributed by atoms with Crippen LogP contribution < -0.4 is 15.9 Å². The van der Waals surface area contributed by atoms with Crippen LogP contribution in [0.3, 0.4) is 0 Å². The van der Waals surface area contributed by atoms with Crippen LogP contribution in [0.25, 0.3) is 0 Å². The number of ether oxygens (including phenoxy) is 1. The van der Waals surface area contributed by atoms with Gasteiger partial charge in [0.05, 0.1) is 18.2 Å². The van der Waals surface area contributed by atoms with Gasteiger partial charge in [-0.15, -0.1) is 0 Å². The molecular formula is C32H50N6O7S. The Morgan fingerprint density at radius 1 is 1.13 bits per heavy atom. The first kappa shape index (κ1) is 37.3. The molecule has 2 heterocycles. The fourth-order valence-electron chi connectivity index (χ4n) is 5.66. The minimum Gasteiger partial charge on any atom is -0.459 e. The zero-order valence-corrected chi connectivity index (χ0v) is 28.4. The lowest BCUT2D eigenvalue weighted by atomic mass is 9.92. The third kappa shape index (κ3) is 11.9. The largest absolute Gasteiger partial charge is 0.459 e. The van der Waals surface area contributed by atoms with Crippen LogP contribution in [0.2, 0.25) is 0 Å². The van der Waals surface area contributed by atoms with E-state index in [1.807, 2.05) is 30.3 Å². The third-order valence-corrected chi connectivity index (χ3v) is 9.03. The van der Waals surface area contributed by atoms with Crippen LogP contribution in [-0.2, 0) is 40.4 Å². The van der Waals surface area contributed by atoms with E-state index in [1.54, 1.807) is 38.9 Å². The number of carbonyl (C=O) groups is 4. The van der Waals surface area contributed by atoms with E-state index in [1.165, 1.54) is 4.90 Å². The molecule has 256 valence electrons. The minimum atomic E-state index is -3.68. The first-order chi connectivity index (χ1) is 21.5. The molecular weight excluding hydrogens is 612 g/mol. The summed E-state index contributed by atoms with van der Waals surface area (Å²) in [5.41, 5.74) is 0.0202. The average Bonchev–Trinajstić information content (AvgIpc) is 3.48. The molecule has 2 aliphatic rings. The number of benzene rings is 1. The Bertz CT molecular complexity index is 1350. The number of hydrogen-bond acceptors (Lipinski definition) is 9. The SMILES string of the molecule is CC(C)C(=O)OC(C)(C)CCC(=O)/N=C/C1CC(CNC(=O)[C@@H]2CCCN2C(=O)[C@@H](Cc2ccccc2)NS(C)(=O)=O)CCN1N. The third-order valence-electron chi connectivity index (χ3n) is 8.32. The van der Waals surface area contributed by atoms with Crippen molar-refractivity contribution in [2.24, 2.45) is 22.7 Å². The van der Waals surface area contributed by atoms with E-state index >= 15 is 0 Å². The monoisotopic (exact) mass is 662 g/mol. The summed E-state index contributed by atoms with van der Waals surface area (Å²) in [6.45, 7) is 8.33. The van der Waals surface area contributed by atoms with Gasteiger partial charge in [-0.25, -0.2) is 23.1 Å². The fourth-order valence-corrected chi connectivity index (χ4v) is 6.36. The van der Waals surface area contributed by atoms with Crippen molar-refractivity contribution < 1.29 is 32.3 Å². The first-order valence-corrected chi connectivity index (χ1v) is 17.8. The van der Waals surface area contributed by atoms with Crippen molar-refractivity contribution in [2.75, 3.05) is 25.9 Å². The molecule has 0 spiro atoms. The highest BCUT2D eigenvalue weighted by molar-refractivity contribution is 7.88. The Balaban J connectivity index is 1.54. The van der Waals surface area contributed by atoms with Gasteiger partial charge in [0.2, 0.25) is 27.7 Å². The molecule has 0 saturated carbocycles. The number of piperidine rings is 1. The van der Waals surface area contributed by atoms with E-state index < -0.39 is 33.6 Å². The number of rotatable bonds is 14. The van der Waals surface area contributed by atoms with Gasteiger partial charge < -0.3 is 15.0 Å². The molecule has 3 amide bonds. The van der Waals surface area contributed by atoms with E-state index in [4.69, 9.17) is 10.6 Å². The van der Waals surface area contributed by atoms with Gasteiger partial charge in [0.25, 0.3) is 0 Å². The molecule has 2 saturated heterocycles. The normalized spacial score (nSPS) is 21.8. The molecule has 14 heteroatoms. The Labute approximate surface area is 272 Å². The molecule has 2 aliphatic heterocycles. The summed E-state index contributed by atoms with van der Waals surface area (Å²) in [6.07, 6.45) is 5.62. The van der Waals surface area contributed by atoms with Crippen LogP contribution in [0.5, 0.6) is 0 Å². The van der Waals surface area contributed by atoms with E-state index in [0.717, 1.165) is 18.2 Å². The number of nitrogens with one attached hydrogen (secondary N) is 2. The van der Waals surface area contributed by atoms with Gasteiger partial charge >= 0.3 is 5.97 Å². The number of likely N-dealkylation sites (tertiary alicyclic amines) is 1. The summed E-state index contributed by atoms with van der Waals surface area (Å²) >= 11 is 0. The number of aliphatic imine (C=N–C) groups is 1. The molecule has 13 nitrogen and oxygen atoms in total. The van der Waals surface area contributed by atoms with Gasteiger partial charge in [-0.3, -0.25) is 25.0 Å². The van der Waals surface area contributed by atoms with E-state index in [9.17, 15) is 27.6 Å². The summed E-state index contributed by atoms with van der Waals surface area (Å²) in [4.78, 5) is 56.9. The van der Waals surface area contributed by atoms with Crippen LogP contribution in [-0.4, -0.2) is 97.8 Å². The smallest absolute Gasteiger partial charge is 0.308 e. The van der Waals surface area contributed by atoms with Crippen molar-refractivity contribution in [3.63, 3.8) is 0 Å². The fraction of sp³-hybridized carbons (Fsp3) is 0.656. The van der Waals surface area contributed by atoms with Gasteiger partial charge in [0, 0.05) is 32.3 Å². The lowest BCUT2D eigenvalue weighted by molar-refractivity contribution is -0.161. The predicted octanol–water partition coefficient (Wildman–Crippen LogP) is 1.56. The Morgan fingerprint density at radius 3 is 2.48 bits per heavy atom. The van der Waals surface area contributed by atoms with Gasteiger partial charge in [0.1, 0.15) is 17.7 Å². The molecule has 2 unspecified atom stereocenters. The zero-order chi connectivity index (χ0) is 34.1. The standard InChI is InChI=1S/C32H50N6O7S/c1-22(2)31(42)45-32(3,4)15-13-28(39)34-21-25-18-24(14-17-38(25)33)20-35-29(40)27-12-9-16-37(27)30(41)26(36-46(5,43)44)19-23-10-7-6-8-11-23/h6-8,10-11,21-22,24-27,36H,9,12-20,33H2,1-5H3,(H,35,40)/b34-21+/t24?,25?,26-,27+/m1/s1. The molecule has 1 aromatic rings. The van der Waals surface area contributed by atoms with Gasteiger partial charge in [-0.1, -0.05) is 44.2 Å². The lowest BCUT2D eigenvalue weighted by Crippen LogP contribution is -2.55. The van der Waals surface area contributed by atoms with Crippen LogP contribution in [0.4, 0.5) is 0 Å². The number of nitrogens with zero attached hydrogens (tertiary/aromatic N) is 3. The Morgan fingerprint density at radius 2 is 1.83 bits per heavy atom. The topological polar surface area (TPSA) is 181 Å². The van der Waals surface area contributed by atoms with E-state index in [0.29, 0.717) is 45.3 Å². The molecule has 2 fully saturated rings. The lowest BCUT2D eigenvalue weighted by Gasteiger charge is -2.35. The molecule has 4 atom stereocenters. The van der Waals surface area contributed by atoms with E-state index in [-0.39, 0.29) is 48.5 Å². The number of hydrazine groups is 1. The number of nitrogens with two attached hydrogens (primary N) is 1. The summed E-state index contributed by atoms with van der Waals surface area (Å²) in [5, 5.41) is 4.62. The number of carbonyl (C=O) groups excluding carboxylic acids is 4. The minimum absolute atomic E-state index is 0.0768. The molecule has 3 rings (SSSR count). The van der Waals surface area contributed by atoms with Crippen molar-refractivity contribution in [3.8, 4) is 0 Å². The maximum atomic E-state index is 13.6. The van der Waals surface area contributed by atoms with Crippen molar-refractivity contribution in [2.45, 2.75) is 96.4 Å². The van der Waals surface area contributed by atoms with Gasteiger partial charge in [0.15, 0.2) is 0 Å². The van der Waals surface area contributed by atoms with Crippen molar-refractivity contribution >= 4 is 39.9 Å². The second kappa shape index (κ2) is 16.6. The predicted molar refractivity (Wildman–Crippen MR) is 175 cm³/mol. The molecule has 0 aliphatic carbocycles.